The maximum Gasteiger partial charge on any atom is 0.416 e. The molecule has 184 valence electrons. The molecule has 12 heteroatoms. The largest absolute Gasteiger partial charge is 0.447 e. The SMILES string of the molecule is C[C@H](Nc1nccc(N2C(=O)OCC2[C@H](C)F)n1)c1ncn2c1CCc1cc(C(F)(F)F)ccc1-2. The number of rotatable bonds is 5. The van der Waals surface area contributed by atoms with Gasteiger partial charge in [0.25, 0.3) is 0 Å². The second-order valence-electron chi connectivity index (χ2n) is 8.58. The number of ether oxygens (including phenoxy) is 1. The van der Waals surface area contributed by atoms with Gasteiger partial charge in [-0.25, -0.2) is 19.2 Å². The Morgan fingerprint density at radius 1 is 1.17 bits per heavy atom. The minimum atomic E-state index is -4.39. The summed E-state index contributed by atoms with van der Waals surface area (Å²) in [5, 5.41) is 3.15. The molecule has 1 aromatic carbocycles. The Labute approximate surface area is 198 Å². The van der Waals surface area contributed by atoms with Crippen LogP contribution in [0.1, 0.15) is 42.4 Å². The number of alkyl halides is 4. The first-order valence-corrected chi connectivity index (χ1v) is 11.1. The molecule has 1 saturated heterocycles. The molecule has 0 saturated carbocycles. The van der Waals surface area contributed by atoms with Gasteiger partial charge < -0.3 is 14.6 Å². The third-order valence-corrected chi connectivity index (χ3v) is 6.28. The van der Waals surface area contributed by atoms with Crippen molar-refractivity contribution in [2.45, 2.75) is 51.1 Å². The predicted octanol–water partition coefficient (Wildman–Crippen LogP) is 4.64. The summed E-state index contributed by atoms with van der Waals surface area (Å²) in [6, 6.07) is 4.11. The van der Waals surface area contributed by atoms with Gasteiger partial charge in [-0.3, -0.25) is 4.90 Å². The van der Waals surface area contributed by atoms with E-state index in [9.17, 15) is 22.4 Å². The van der Waals surface area contributed by atoms with E-state index in [4.69, 9.17) is 4.74 Å². The summed E-state index contributed by atoms with van der Waals surface area (Å²) in [6.07, 6.45) is -2.34. The van der Waals surface area contributed by atoms with E-state index in [0.717, 1.165) is 11.8 Å². The number of fused-ring (bicyclic) bond motifs is 3. The number of hydrogen-bond donors (Lipinski definition) is 1. The van der Waals surface area contributed by atoms with Gasteiger partial charge in [-0.1, -0.05) is 0 Å². The Kier molecular flexibility index (Phi) is 5.60. The van der Waals surface area contributed by atoms with Crippen LogP contribution in [-0.2, 0) is 23.8 Å². The van der Waals surface area contributed by atoms with E-state index < -0.39 is 30.0 Å². The van der Waals surface area contributed by atoms with Crippen molar-refractivity contribution in [3.63, 3.8) is 0 Å². The van der Waals surface area contributed by atoms with E-state index in [1.54, 1.807) is 10.9 Å². The van der Waals surface area contributed by atoms with Gasteiger partial charge in [0.15, 0.2) is 0 Å². The van der Waals surface area contributed by atoms with E-state index in [-0.39, 0.29) is 24.4 Å². The zero-order valence-corrected chi connectivity index (χ0v) is 18.9. The normalized spacial score (nSPS) is 19.1. The molecule has 0 bridgehead atoms. The first-order chi connectivity index (χ1) is 16.6. The molecule has 5 rings (SSSR count). The molecule has 35 heavy (non-hydrogen) atoms. The highest BCUT2D eigenvalue weighted by molar-refractivity contribution is 5.89. The number of hydrogen-bond acceptors (Lipinski definition) is 6. The summed E-state index contributed by atoms with van der Waals surface area (Å²) < 4.78 is 60.0. The topological polar surface area (TPSA) is 85.2 Å². The van der Waals surface area contributed by atoms with Gasteiger partial charge >= 0.3 is 12.3 Å². The first kappa shape index (κ1) is 23.1. The molecule has 0 radical (unpaired) electrons. The van der Waals surface area contributed by atoms with Crippen LogP contribution < -0.4 is 10.2 Å². The fraction of sp³-hybridized carbons (Fsp3) is 0.391. The van der Waals surface area contributed by atoms with Crippen molar-refractivity contribution in [3.8, 4) is 5.69 Å². The number of nitrogens with zero attached hydrogens (tertiary/aromatic N) is 5. The van der Waals surface area contributed by atoms with Gasteiger partial charge in [-0.05, 0) is 56.5 Å². The van der Waals surface area contributed by atoms with Crippen molar-refractivity contribution in [1.29, 1.82) is 0 Å². The number of cyclic esters (lactones) is 1. The Hall–Kier alpha value is -3.70. The Morgan fingerprint density at radius 3 is 2.71 bits per heavy atom. The van der Waals surface area contributed by atoms with E-state index in [1.165, 1.54) is 36.2 Å². The zero-order chi connectivity index (χ0) is 24.9. The standard InChI is InChI=1S/C23H22F4N6O2/c1-12(24)18-10-35-22(34)33(18)19-7-8-28-21(31-19)30-13(2)20-17-5-3-14-9-15(23(25,26)27)4-6-16(14)32(17)11-29-20/h4,6-9,11-13,18H,3,5,10H2,1-2H3,(H,28,30,31)/t12-,13-,18?/m0/s1. The number of halogens is 4. The van der Waals surface area contributed by atoms with Crippen LogP contribution in [0.5, 0.6) is 0 Å². The molecule has 1 fully saturated rings. The van der Waals surface area contributed by atoms with Crippen LogP contribution >= 0.6 is 0 Å². The predicted molar refractivity (Wildman–Crippen MR) is 118 cm³/mol. The number of imidazole rings is 1. The lowest BCUT2D eigenvalue weighted by atomic mass is 9.97. The summed E-state index contributed by atoms with van der Waals surface area (Å²) in [5.41, 5.74) is 2.20. The molecule has 4 heterocycles. The van der Waals surface area contributed by atoms with E-state index >= 15 is 0 Å². The smallest absolute Gasteiger partial charge is 0.416 e. The molecule has 0 aliphatic carbocycles. The van der Waals surface area contributed by atoms with Crippen molar-refractivity contribution < 1.29 is 27.1 Å². The average molecular weight is 490 g/mol. The van der Waals surface area contributed by atoms with Gasteiger partial charge in [0.1, 0.15) is 24.6 Å². The molecule has 2 aliphatic rings. The van der Waals surface area contributed by atoms with E-state index in [0.29, 0.717) is 29.8 Å². The van der Waals surface area contributed by atoms with E-state index in [1.807, 2.05) is 6.92 Å². The van der Waals surface area contributed by atoms with Crippen LogP contribution in [-0.4, -0.2) is 44.4 Å². The van der Waals surface area contributed by atoms with Gasteiger partial charge in [0.2, 0.25) is 5.95 Å². The lowest BCUT2D eigenvalue weighted by molar-refractivity contribution is -0.137. The van der Waals surface area contributed by atoms with Crippen molar-refractivity contribution in [2.75, 3.05) is 16.8 Å². The molecular formula is C23H22F4N6O2. The number of carbonyl (C=O) groups is 1. The average Bonchev–Trinajstić information content (AvgIpc) is 3.42. The number of amides is 1. The summed E-state index contributed by atoms with van der Waals surface area (Å²) in [5.74, 6) is 0.431. The van der Waals surface area contributed by atoms with Gasteiger partial charge in [0.05, 0.1) is 23.6 Å². The molecule has 3 atom stereocenters. The summed E-state index contributed by atoms with van der Waals surface area (Å²) in [4.78, 5) is 26.4. The second-order valence-corrected chi connectivity index (χ2v) is 8.58. The molecule has 1 amide bonds. The van der Waals surface area contributed by atoms with Crippen molar-refractivity contribution in [2.24, 2.45) is 0 Å². The highest BCUT2D eigenvalue weighted by Crippen LogP contribution is 2.35. The highest BCUT2D eigenvalue weighted by Gasteiger charge is 2.39. The molecule has 2 aromatic heterocycles. The Bertz CT molecular complexity index is 1280. The van der Waals surface area contributed by atoms with Gasteiger partial charge in [-0.15, -0.1) is 0 Å². The molecule has 8 nitrogen and oxygen atoms in total. The second kappa shape index (κ2) is 8.51. The lowest BCUT2D eigenvalue weighted by Crippen LogP contribution is -2.39. The number of benzene rings is 1. The zero-order valence-electron chi connectivity index (χ0n) is 18.9. The Morgan fingerprint density at radius 2 is 1.97 bits per heavy atom. The van der Waals surface area contributed by atoms with Gasteiger partial charge in [0, 0.05) is 17.6 Å². The Balaban J connectivity index is 1.38. The monoisotopic (exact) mass is 490 g/mol. The quantitative estimate of drug-likeness (QED) is 0.525. The number of anilines is 2. The maximum atomic E-state index is 14.0. The number of aryl methyl sites for hydroxylation is 1. The molecule has 3 aromatic rings. The van der Waals surface area contributed by atoms with Crippen LogP contribution in [0, 0.1) is 0 Å². The minimum Gasteiger partial charge on any atom is -0.447 e. The molecule has 2 aliphatic heterocycles. The fourth-order valence-electron chi connectivity index (χ4n) is 4.51. The lowest BCUT2D eigenvalue weighted by Gasteiger charge is -2.23. The maximum absolute atomic E-state index is 14.0. The van der Waals surface area contributed by atoms with Crippen molar-refractivity contribution in [1.82, 2.24) is 19.5 Å². The third-order valence-electron chi connectivity index (χ3n) is 6.28. The summed E-state index contributed by atoms with van der Waals surface area (Å²) in [6.45, 7) is 3.15. The highest BCUT2D eigenvalue weighted by atomic mass is 19.4. The molecule has 0 spiro atoms. The van der Waals surface area contributed by atoms with E-state index in [2.05, 4.69) is 20.3 Å². The summed E-state index contributed by atoms with van der Waals surface area (Å²) in [7, 11) is 0. The first-order valence-electron chi connectivity index (χ1n) is 11.1. The fourth-order valence-corrected chi connectivity index (χ4v) is 4.51. The third kappa shape index (κ3) is 4.17. The molecule has 1 N–H and O–H groups in total. The number of aromatic nitrogens is 4. The van der Waals surface area contributed by atoms with Crippen LogP contribution in [0.2, 0.25) is 0 Å². The van der Waals surface area contributed by atoms with Crippen molar-refractivity contribution >= 4 is 17.9 Å². The van der Waals surface area contributed by atoms with Gasteiger partial charge in [-0.2, -0.15) is 18.2 Å². The number of carbonyl (C=O) groups excluding carboxylic acids is 1. The minimum absolute atomic E-state index is 0.0631. The molecule has 1 unspecified atom stereocenters. The summed E-state index contributed by atoms with van der Waals surface area (Å²) >= 11 is 0. The van der Waals surface area contributed by atoms with Crippen LogP contribution in [0.4, 0.5) is 34.1 Å². The molecular weight excluding hydrogens is 468 g/mol. The van der Waals surface area contributed by atoms with Crippen LogP contribution in [0.25, 0.3) is 5.69 Å². The van der Waals surface area contributed by atoms with Crippen LogP contribution in [0.15, 0.2) is 36.8 Å². The van der Waals surface area contributed by atoms with Crippen molar-refractivity contribution in [3.05, 3.63) is 59.3 Å². The van der Waals surface area contributed by atoms with Crippen LogP contribution in [0.3, 0.4) is 0 Å². The number of nitrogens with one attached hydrogen (secondary N) is 1.